The maximum Gasteiger partial charge on any atom is 0.131 e. The molecule has 170 valence electrons. The van der Waals surface area contributed by atoms with Crippen LogP contribution in [0.2, 0.25) is 0 Å². The Hall–Kier alpha value is -4.24. The molecule has 1 aliphatic rings. The van der Waals surface area contributed by atoms with E-state index >= 15 is 0 Å². The molecule has 0 radical (unpaired) electrons. The standard InChI is InChI=1S/C32H26N2O/c1-20-23-17-18-28-31(25-14-7-9-15-27(25)34(28)22-11-5-4-6-12-22)32(23)33(3)29(20)19-26-21(2)35-30-16-10-8-13-24(26)30/h4-7,9-12,14-19H,2,8,13H2,1,3H3/b26-19+. The summed E-state index contributed by atoms with van der Waals surface area (Å²) >= 11 is 0. The summed E-state index contributed by atoms with van der Waals surface area (Å²) in [6.07, 6.45) is 8.58. The molecule has 0 aliphatic heterocycles. The third kappa shape index (κ3) is 2.78. The van der Waals surface area contributed by atoms with E-state index in [-0.39, 0.29) is 0 Å². The molecule has 35 heavy (non-hydrogen) atoms. The van der Waals surface area contributed by atoms with E-state index in [0.29, 0.717) is 0 Å². The first kappa shape index (κ1) is 20.2. The fourth-order valence-electron chi connectivity index (χ4n) is 5.93. The Kier molecular flexibility index (Phi) is 4.25. The molecule has 0 unspecified atom stereocenters. The maximum atomic E-state index is 6.00. The van der Waals surface area contributed by atoms with E-state index in [1.54, 1.807) is 0 Å². The van der Waals surface area contributed by atoms with Crippen LogP contribution in [-0.4, -0.2) is 9.13 Å². The van der Waals surface area contributed by atoms with Crippen LogP contribution in [0.4, 0.5) is 0 Å². The summed E-state index contributed by atoms with van der Waals surface area (Å²) in [5.74, 6) is 0.956. The summed E-state index contributed by atoms with van der Waals surface area (Å²) < 4.78 is 10.7. The van der Waals surface area contributed by atoms with Crippen molar-refractivity contribution in [3.05, 3.63) is 106 Å². The topological polar surface area (TPSA) is 23.0 Å². The molecule has 1 aliphatic carbocycles. The van der Waals surface area contributed by atoms with Crippen LogP contribution in [0.3, 0.4) is 0 Å². The molecule has 0 saturated carbocycles. The van der Waals surface area contributed by atoms with Crippen LogP contribution in [0.15, 0.2) is 77.2 Å². The number of furan rings is 1. The zero-order chi connectivity index (χ0) is 23.7. The Morgan fingerprint density at radius 1 is 0.914 bits per heavy atom. The lowest BCUT2D eigenvalue weighted by molar-refractivity contribution is 0.519. The highest BCUT2D eigenvalue weighted by atomic mass is 16.3. The number of nitrogens with zero attached hydrogens (tertiary/aromatic N) is 2. The minimum atomic E-state index is 0.747. The summed E-state index contributed by atoms with van der Waals surface area (Å²) in [4.78, 5) is 0. The van der Waals surface area contributed by atoms with E-state index in [0.717, 1.165) is 29.2 Å². The van der Waals surface area contributed by atoms with Crippen molar-refractivity contribution >= 4 is 51.4 Å². The molecule has 3 heteroatoms. The van der Waals surface area contributed by atoms with Gasteiger partial charge in [-0.2, -0.15) is 0 Å². The van der Waals surface area contributed by atoms with Gasteiger partial charge in [-0.15, -0.1) is 0 Å². The first-order chi connectivity index (χ1) is 17.1. The Labute approximate surface area is 203 Å². The van der Waals surface area contributed by atoms with Crippen molar-refractivity contribution < 1.29 is 4.42 Å². The van der Waals surface area contributed by atoms with Gasteiger partial charge in [0.25, 0.3) is 0 Å². The van der Waals surface area contributed by atoms with Crippen molar-refractivity contribution in [2.45, 2.75) is 19.8 Å². The monoisotopic (exact) mass is 454 g/mol. The first-order valence-electron chi connectivity index (χ1n) is 12.2. The third-order valence-electron chi connectivity index (χ3n) is 7.58. The fourth-order valence-corrected chi connectivity index (χ4v) is 5.93. The van der Waals surface area contributed by atoms with Gasteiger partial charge in [-0.1, -0.05) is 55.1 Å². The summed E-state index contributed by atoms with van der Waals surface area (Å²) in [6.45, 7) is 6.45. The van der Waals surface area contributed by atoms with E-state index in [1.807, 2.05) is 0 Å². The number of fused-ring (bicyclic) bond motifs is 6. The number of hydrogen-bond donors (Lipinski definition) is 0. The van der Waals surface area contributed by atoms with Gasteiger partial charge >= 0.3 is 0 Å². The van der Waals surface area contributed by atoms with Crippen molar-refractivity contribution in [3.63, 3.8) is 0 Å². The second kappa shape index (κ2) is 7.38. The number of para-hydroxylation sites is 2. The number of hydrogen-bond acceptors (Lipinski definition) is 1. The molecule has 3 aromatic carbocycles. The van der Waals surface area contributed by atoms with Crippen molar-refractivity contribution in [2.24, 2.45) is 7.05 Å². The molecule has 6 aromatic rings. The molecule has 0 saturated heterocycles. The molecule has 0 spiro atoms. The molecule has 3 aromatic heterocycles. The van der Waals surface area contributed by atoms with Gasteiger partial charge < -0.3 is 13.6 Å². The molecular weight excluding hydrogens is 428 g/mol. The van der Waals surface area contributed by atoms with E-state index in [4.69, 9.17) is 4.42 Å². The molecule has 3 heterocycles. The molecule has 0 amide bonds. The maximum absolute atomic E-state index is 6.00. The summed E-state index contributed by atoms with van der Waals surface area (Å²) in [7, 11) is 2.18. The molecule has 0 atom stereocenters. The van der Waals surface area contributed by atoms with Crippen LogP contribution in [0.1, 0.15) is 29.0 Å². The molecule has 0 fully saturated rings. The molecule has 0 N–H and O–H groups in total. The van der Waals surface area contributed by atoms with Gasteiger partial charge in [-0.05, 0) is 61.7 Å². The quantitative estimate of drug-likeness (QED) is 0.298. The van der Waals surface area contributed by atoms with Crippen LogP contribution >= 0.6 is 0 Å². The van der Waals surface area contributed by atoms with Crippen LogP contribution in [0, 0.1) is 6.92 Å². The number of rotatable bonds is 2. The number of aryl methyl sites for hydroxylation is 2. The number of allylic oxidation sites excluding steroid dienone is 1. The molecular formula is C32H26N2O. The van der Waals surface area contributed by atoms with E-state index in [9.17, 15) is 0 Å². The second-order valence-corrected chi connectivity index (χ2v) is 9.48. The zero-order valence-electron chi connectivity index (χ0n) is 20.0. The average Bonchev–Trinajstić information content (AvgIpc) is 3.48. The van der Waals surface area contributed by atoms with Gasteiger partial charge in [0.05, 0.1) is 16.6 Å². The SMILES string of the molecule is C=c1oc2c(/c1=C/c1c(C)c3ccc4c(c5ccccc5n4-c4ccccc4)c3n1C)CCC=C2. The highest BCUT2D eigenvalue weighted by molar-refractivity contribution is 6.21. The lowest BCUT2D eigenvalue weighted by Gasteiger charge is -2.07. The predicted molar refractivity (Wildman–Crippen MR) is 146 cm³/mol. The van der Waals surface area contributed by atoms with Gasteiger partial charge in [-0.25, -0.2) is 0 Å². The van der Waals surface area contributed by atoms with E-state index in [1.165, 1.54) is 55.2 Å². The zero-order valence-corrected chi connectivity index (χ0v) is 20.0. The van der Waals surface area contributed by atoms with Crippen molar-refractivity contribution in [2.75, 3.05) is 0 Å². The van der Waals surface area contributed by atoms with Gasteiger partial charge in [0.1, 0.15) is 11.2 Å². The van der Waals surface area contributed by atoms with Crippen LogP contribution < -0.4 is 10.6 Å². The van der Waals surface area contributed by atoms with Crippen LogP contribution in [0.5, 0.6) is 0 Å². The average molecular weight is 455 g/mol. The van der Waals surface area contributed by atoms with Gasteiger partial charge in [0.15, 0.2) is 0 Å². The lowest BCUT2D eigenvalue weighted by Crippen LogP contribution is -2.22. The Bertz CT molecular complexity index is 1930. The number of aromatic nitrogens is 2. The smallest absolute Gasteiger partial charge is 0.131 e. The summed E-state index contributed by atoms with van der Waals surface area (Å²) in [6, 6.07) is 23.9. The highest BCUT2D eigenvalue weighted by Crippen LogP contribution is 2.39. The molecule has 0 bridgehead atoms. The minimum Gasteiger partial charge on any atom is -0.457 e. The highest BCUT2D eigenvalue weighted by Gasteiger charge is 2.20. The van der Waals surface area contributed by atoms with Crippen molar-refractivity contribution in [3.8, 4) is 5.69 Å². The predicted octanol–water partition coefficient (Wildman–Crippen LogP) is 6.38. The Morgan fingerprint density at radius 2 is 1.71 bits per heavy atom. The summed E-state index contributed by atoms with van der Waals surface area (Å²) in [5, 5.41) is 4.97. The van der Waals surface area contributed by atoms with Gasteiger partial charge in [-0.3, -0.25) is 0 Å². The van der Waals surface area contributed by atoms with Crippen molar-refractivity contribution in [1.29, 1.82) is 0 Å². The number of benzene rings is 3. The molecule has 7 rings (SSSR count). The molecule has 3 nitrogen and oxygen atoms in total. The Balaban J connectivity index is 1.60. The van der Waals surface area contributed by atoms with E-state index < -0.39 is 0 Å². The Morgan fingerprint density at radius 3 is 2.57 bits per heavy atom. The fraction of sp³-hybridized carbons (Fsp3) is 0.125. The van der Waals surface area contributed by atoms with Gasteiger partial charge in [0.2, 0.25) is 0 Å². The normalized spacial score (nSPS) is 13.9. The van der Waals surface area contributed by atoms with Gasteiger partial charge in [0, 0.05) is 45.4 Å². The first-order valence-corrected chi connectivity index (χ1v) is 12.2. The van der Waals surface area contributed by atoms with Crippen LogP contribution in [0.25, 0.3) is 57.1 Å². The summed E-state index contributed by atoms with van der Waals surface area (Å²) in [5.41, 5.74) is 9.39. The third-order valence-corrected chi connectivity index (χ3v) is 7.58. The van der Waals surface area contributed by atoms with Crippen molar-refractivity contribution in [1.82, 2.24) is 9.13 Å². The largest absolute Gasteiger partial charge is 0.457 e. The second-order valence-electron chi connectivity index (χ2n) is 9.48. The van der Waals surface area contributed by atoms with E-state index in [2.05, 4.69) is 115 Å². The van der Waals surface area contributed by atoms with Crippen LogP contribution in [-0.2, 0) is 13.5 Å². The lowest BCUT2D eigenvalue weighted by atomic mass is 10.0. The minimum absolute atomic E-state index is 0.747.